The van der Waals surface area contributed by atoms with Crippen LogP contribution >= 0.6 is 34.7 Å². The summed E-state index contributed by atoms with van der Waals surface area (Å²) in [5.74, 6) is 0. The van der Waals surface area contributed by atoms with Gasteiger partial charge in [-0.3, -0.25) is 0 Å². The van der Waals surface area contributed by atoms with E-state index in [9.17, 15) is 0 Å². The van der Waals surface area contributed by atoms with Crippen molar-refractivity contribution in [2.75, 3.05) is 6.26 Å². The van der Waals surface area contributed by atoms with Gasteiger partial charge >= 0.3 is 0 Å². The molecule has 0 aliphatic heterocycles. The molecule has 0 radical (unpaired) electrons. The van der Waals surface area contributed by atoms with Gasteiger partial charge in [-0.1, -0.05) is 19.1 Å². The van der Waals surface area contributed by atoms with Crippen LogP contribution in [0.3, 0.4) is 0 Å². The molecular formula is C14H15ClS2. The zero-order valence-electron chi connectivity index (χ0n) is 9.94. The summed E-state index contributed by atoms with van der Waals surface area (Å²) in [5, 5.41) is -0.0174. The summed E-state index contributed by atoms with van der Waals surface area (Å²) < 4.78 is 0. The van der Waals surface area contributed by atoms with Gasteiger partial charge in [0, 0.05) is 14.6 Å². The molecule has 2 rings (SSSR count). The molecule has 0 amide bonds. The normalized spacial score (nSPS) is 12.6. The molecule has 0 saturated carbocycles. The van der Waals surface area contributed by atoms with Gasteiger partial charge in [-0.05, 0) is 42.5 Å². The SMILES string of the molecule is CCc1ccc(C(Cl)c2ccc(SC)cc2)s1. The Morgan fingerprint density at radius 3 is 2.41 bits per heavy atom. The van der Waals surface area contributed by atoms with Crippen molar-refractivity contribution < 1.29 is 0 Å². The highest BCUT2D eigenvalue weighted by Crippen LogP contribution is 2.34. The molecule has 0 N–H and O–H groups in total. The van der Waals surface area contributed by atoms with E-state index in [-0.39, 0.29) is 5.38 Å². The van der Waals surface area contributed by atoms with Gasteiger partial charge in [0.1, 0.15) is 0 Å². The fourth-order valence-electron chi connectivity index (χ4n) is 1.66. The molecule has 3 heteroatoms. The standard InChI is InChI=1S/C14H15ClS2/c1-3-11-8-9-13(17-11)14(15)10-4-6-12(16-2)7-5-10/h4-9,14H,3H2,1-2H3. The van der Waals surface area contributed by atoms with E-state index in [2.05, 4.69) is 49.6 Å². The van der Waals surface area contributed by atoms with Crippen molar-refractivity contribution in [3.8, 4) is 0 Å². The van der Waals surface area contributed by atoms with Crippen LogP contribution in [0.15, 0.2) is 41.3 Å². The van der Waals surface area contributed by atoms with E-state index in [0.29, 0.717) is 0 Å². The van der Waals surface area contributed by atoms with Crippen LogP contribution in [0.5, 0.6) is 0 Å². The Kier molecular flexibility index (Phi) is 4.55. The van der Waals surface area contributed by atoms with Crippen LogP contribution in [0.25, 0.3) is 0 Å². The van der Waals surface area contributed by atoms with Crippen LogP contribution in [-0.2, 0) is 6.42 Å². The van der Waals surface area contributed by atoms with Crippen molar-refractivity contribution in [3.05, 3.63) is 51.7 Å². The smallest absolute Gasteiger partial charge is 0.0927 e. The van der Waals surface area contributed by atoms with Crippen molar-refractivity contribution in [3.63, 3.8) is 0 Å². The average Bonchev–Trinajstić information content (AvgIpc) is 2.87. The first-order chi connectivity index (χ1) is 8.24. The van der Waals surface area contributed by atoms with Gasteiger partial charge in [0.05, 0.1) is 5.38 Å². The van der Waals surface area contributed by atoms with E-state index in [0.717, 1.165) is 6.42 Å². The van der Waals surface area contributed by atoms with Gasteiger partial charge in [-0.15, -0.1) is 34.7 Å². The van der Waals surface area contributed by atoms with E-state index < -0.39 is 0 Å². The number of thioether (sulfide) groups is 1. The zero-order valence-corrected chi connectivity index (χ0v) is 12.3. The van der Waals surface area contributed by atoms with Crippen molar-refractivity contribution in [1.82, 2.24) is 0 Å². The Morgan fingerprint density at radius 2 is 1.88 bits per heavy atom. The Balaban J connectivity index is 2.20. The molecule has 1 unspecified atom stereocenters. The third-order valence-electron chi connectivity index (χ3n) is 2.69. The number of halogens is 1. The summed E-state index contributed by atoms with van der Waals surface area (Å²) in [4.78, 5) is 3.91. The topological polar surface area (TPSA) is 0 Å². The second-order valence-electron chi connectivity index (χ2n) is 3.79. The van der Waals surface area contributed by atoms with Crippen LogP contribution in [0.4, 0.5) is 0 Å². The maximum Gasteiger partial charge on any atom is 0.0927 e. The number of thiophene rings is 1. The van der Waals surface area contributed by atoms with Crippen molar-refractivity contribution in [2.24, 2.45) is 0 Å². The maximum absolute atomic E-state index is 6.50. The fourth-order valence-corrected chi connectivity index (χ4v) is 3.38. The maximum atomic E-state index is 6.50. The summed E-state index contributed by atoms with van der Waals surface area (Å²) in [6.07, 6.45) is 3.17. The molecule has 0 bridgehead atoms. The van der Waals surface area contributed by atoms with Crippen LogP contribution in [0, 0.1) is 0 Å². The second kappa shape index (κ2) is 5.94. The fraction of sp³-hybridized carbons (Fsp3) is 0.286. The number of alkyl halides is 1. The highest BCUT2D eigenvalue weighted by atomic mass is 35.5. The Morgan fingerprint density at radius 1 is 1.18 bits per heavy atom. The molecule has 90 valence electrons. The molecular weight excluding hydrogens is 268 g/mol. The molecule has 1 atom stereocenters. The van der Waals surface area contributed by atoms with Crippen LogP contribution < -0.4 is 0 Å². The molecule has 0 saturated heterocycles. The zero-order chi connectivity index (χ0) is 12.3. The molecule has 0 aliphatic rings. The molecule has 1 heterocycles. The molecule has 0 aliphatic carbocycles. The lowest BCUT2D eigenvalue weighted by Crippen LogP contribution is -1.89. The highest BCUT2D eigenvalue weighted by molar-refractivity contribution is 7.98. The predicted molar refractivity (Wildman–Crippen MR) is 79.6 cm³/mol. The number of aryl methyl sites for hydroxylation is 1. The molecule has 2 aromatic rings. The number of benzene rings is 1. The Hall–Kier alpha value is -0.440. The summed E-state index contributed by atoms with van der Waals surface area (Å²) in [6.45, 7) is 2.17. The molecule has 17 heavy (non-hydrogen) atoms. The minimum atomic E-state index is -0.0174. The third kappa shape index (κ3) is 3.06. The molecule has 0 nitrogen and oxygen atoms in total. The minimum Gasteiger partial charge on any atom is -0.143 e. The number of hydrogen-bond acceptors (Lipinski definition) is 2. The predicted octanol–water partition coefficient (Wildman–Crippen LogP) is 5.36. The van der Waals surface area contributed by atoms with Crippen molar-refractivity contribution in [1.29, 1.82) is 0 Å². The van der Waals surface area contributed by atoms with E-state index in [1.54, 1.807) is 11.8 Å². The van der Waals surface area contributed by atoms with Crippen molar-refractivity contribution >= 4 is 34.7 Å². The van der Waals surface area contributed by atoms with Gasteiger partial charge in [-0.25, -0.2) is 0 Å². The lowest BCUT2D eigenvalue weighted by Gasteiger charge is -2.08. The third-order valence-corrected chi connectivity index (χ3v) is 5.34. The van der Waals surface area contributed by atoms with Crippen LogP contribution in [0.1, 0.15) is 27.6 Å². The van der Waals surface area contributed by atoms with Gasteiger partial charge in [0.2, 0.25) is 0 Å². The highest BCUT2D eigenvalue weighted by Gasteiger charge is 2.12. The molecule has 1 aromatic carbocycles. The monoisotopic (exact) mass is 282 g/mol. The largest absolute Gasteiger partial charge is 0.143 e. The average molecular weight is 283 g/mol. The van der Waals surface area contributed by atoms with Gasteiger partial charge < -0.3 is 0 Å². The molecule has 0 spiro atoms. The van der Waals surface area contributed by atoms with Crippen molar-refractivity contribution in [2.45, 2.75) is 23.6 Å². The van der Waals surface area contributed by atoms with E-state index >= 15 is 0 Å². The first-order valence-corrected chi connectivity index (χ1v) is 8.09. The van der Waals surface area contributed by atoms with Gasteiger partial charge in [0.25, 0.3) is 0 Å². The molecule has 0 fully saturated rings. The summed E-state index contributed by atoms with van der Waals surface area (Å²) in [6, 6.07) is 12.8. The second-order valence-corrected chi connectivity index (χ2v) is 6.31. The Bertz CT molecular complexity index is 473. The molecule has 1 aromatic heterocycles. The van der Waals surface area contributed by atoms with E-state index in [1.165, 1.54) is 20.2 Å². The lowest BCUT2D eigenvalue weighted by molar-refractivity contribution is 1.17. The summed E-state index contributed by atoms with van der Waals surface area (Å²) >= 11 is 10.1. The Labute approximate surface area is 116 Å². The lowest BCUT2D eigenvalue weighted by atomic mass is 10.1. The first-order valence-electron chi connectivity index (χ1n) is 5.61. The van der Waals surface area contributed by atoms with E-state index in [1.807, 2.05) is 11.3 Å². The summed E-state index contributed by atoms with van der Waals surface area (Å²) in [5.41, 5.74) is 1.17. The van der Waals surface area contributed by atoms with Gasteiger partial charge in [-0.2, -0.15) is 0 Å². The summed E-state index contributed by atoms with van der Waals surface area (Å²) in [7, 11) is 0. The van der Waals surface area contributed by atoms with Gasteiger partial charge in [0.15, 0.2) is 0 Å². The number of hydrogen-bond donors (Lipinski definition) is 0. The van der Waals surface area contributed by atoms with Crippen LogP contribution in [0.2, 0.25) is 0 Å². The van der Waals surface area contributed by atoms with E-state index in [4.69, 9.17) is 11.6 Å². The quantitative estimate of drug-likeness (QED) is 0.537. The first kappa shape index (κ1) is 13.0. The minimum absolute atomic E-state index is 0.0174. The number of rotatable bonds is 4. The van der Waals surface area contributed by atoms with Crippen LogP contribution in [-0.4, -0.2) is 6.26 Å².